The van der Waals surface area contributed by atoms with Crippen LogP contribution in [-0.2, 0) is 0 Å². The molecule has 1 amide bonds. The summed E-state index contributed by atoms with van der Waals surface area (Å²) in [6, 6.07) is 0.213. The monoisotopic (exact) mass is 309 g/mol. The molecule has 1 aromatic heterocycles. The number of carbonyl (C=O) groups is 1. The average Bonchev–Trinajstić information content (AvgIpc) is 2.37. The van der Waals surface area contributed by atoms with Gasteiger partial charge in [-0.2, -0.15) is 0 Å². The summed E-state index contributed by atoms with van der Waals surface area (Å²) in [7, 11) is 0. The highest BCUT2D eigenvalue weighted by Gasteiger charge is 2.26. The second-order valence-corrected chi connectivity index (χ2v) is 7.07. The van der Waals surface area contributed by atoms with Gasteiger partial charge in [0.25, 0.3) is 5.91 Å². The van der Waals surface area contributed by atoms with Gasteiger partial charge in [0.05, 0.1) is 11.2 Å². The molecule has 1 aromatic rings. The fourth-order valence-corrected chi connectivity index (χ4v) is 3.31. The molecule has 1 fully saturated rings. The van der Waals surface area contributed by atoms with Crippen LogP contribution in [0.1, 0.15) is 69.2 Å². The van der Waals surface area contributed by atoms with Crippen molar-refractivity contribution in [1.82, 2.24) is 15.3 Å². The van der Waals surface area contributed by atoms with E-state index in [1.807, 2.05) is 13.8 Å². The Hall–Kier alpha value is -1.16. The highest BCUT2D eigenvalue weighted by Crippen LogP contribution is 2.28. The second kappa shape index (κ2) is 6.73. The van der Waals surface area contributed by atoms with Crippen LogP contribution in [0.4, 0.5) is 0 Å². The number of hydrogen-bond donors (Lipinski definition) is 1. The molecule has 2 rings (SSSR count). The minimum Gasteiger partial charge on any atom is -0.348 e. The van der Waals surface area contributed by atoms with E-state index >= 15 is 0 Å². The van der Waals surface area contributed by atoms with Gasteiger partial charge in [-0.25, -0.2) is 9.97 Å². The molecule has 5 heteroatoms. The zero-order valence-electron chi connectivity index (χ0n) is 13.2. The number of hydrogen-bond acceptors (Lipinski definition) is 3. The van der Waals surface area contributed by atoms with Gasteiger partial charge in [0, 0.05) is 12.0 Å². The van der Waals surface area contributed by atoms with Crippen LogP contribution in [0, 0.1) is 11.8 Å². The van der Waals surface area contributed by atoms with E-state index in [0.29, 0.717) is 28.4 Å². The molecule has 2 atom stereocenters. The molecule has 1 heterocycles. The summed E-state index contributed by atoms with van der Waals surface area (Å²) in [5, 5.41) is 3.40. The Labute approximate surface area is 131 Å². The van der Waals surface area contributed by atoms with Crippen LogP contribution < -0.4 is 5.32 Å². The number of nitrogens with one attached hydrogen (secondary N) is 1. The molecule has 1 aliphatic rings. The maximum absolute atomic E-state index is 12.4. The first-order valence-electron chi connectivity index (χ1n) is 7.70. The Morgan fingerprint density at radius 2 is 1.90 bits per heavy atom. The number of rotatable bonds is 3. The van der Waals surface area contributed by atoms with E-state index in [2.05, 4.69) is 29.1 Å². The lowest BCUT2D eigenvalue weighted by Gasteiger charge is -2.31. The summed E-state index contributed by atoms with van der Waals surface area (Å²) >= 11 is 6.08. The molecule has 21 heavy (non-hydrogen) atoms. The number of amides is 1. The number of carbonyl (C=O) groups excluding carboxylic acids is 1. The molecule has 2 unspecified atom stereocenters. The van der Waals surface area contributed by atoms with E-state index in [4.69, 9.17) is 11.6 Å². The zero-order valence-corrected chi connectivity index (χ0v) is 13.9. The lowest BCUT2D eigenvalue weighted by atomic mass is 9.80. The summed E-state index contributed by atoms with van der Waals surface area (Å²) < 4.78 is 0. The van der Waals surface area contributed by atoms with Gasteiger partial charge in [0.15, 0.2) is 0 Å². The van der Waals surface area contributed by atoms with Gasteiger partial charge in [-0.3, -0.25) is 4.79 Å². The molecule has 0 spiro atoms. The fraction of sp³-hybridized carbons (Fsp3) is 0.688. The van der Waals surface area contributed by atoms with Crippen molar-refractivity contribution in [3.05, 3.63) is 22.7 Å². The van der Waals surface area contributed by atoms with Crippen LogP contribution >= 0.6 is 11.6 Å². The van der Waals surface area contributed by atoms with Crippen LogP contribution in [0.25, 0.3) is 0 Å². The van der Waals surface area contributed by atoms with Gasteiger partial charge in [-0.15, -0.1) is 0 Å². The quantitative estimate of drug-likeness (QED) is 0.923. The predicted octanol–water partition coefficient (Wildman–Crippen LogP) is 3.81. The first kappa shape index (κ1) is 16.2. The van der Waals surface area contributed by atoms with E-state index in [1.54, 1.807) is 0 Å². The number of aromatic nitrogens is 2. The summed E-state index contributed by atoms with van der Waals surface area (Å²) in [6.45, 7) is 8.47. The minimum atomic E-state index is -0.185. The maximum atomic E-state index is 12.4. The normalized spacial score (nSPS) is 25.9. The lowest BCUT2D eigenvalue weighted by Crippen LogP contribution is -2.40. The van der Waals surface area contributed by atoms with Crippen molar-refractivity contribution in [3.8, 4) is 0 Å². The van der Waals surface area contributed by atoms with Crippen molar-refractivity contribution in [2.75, 3.05) is 0 Å². The van der Waals surface area contributed by atoms with E-state index in [-0.39, 0.29) is 17.9 Å². The van der Waals surface area contributed by atoms with E-state index in [0.717, 1.165) is 12.8 Å². The highest BCUT2D eigenvalue weighted by atomic mass is 35.5. The Morgan fingerprint density at radius 1 is 1.29 bits per heavy atom. The molecule has 1 aliphatic carbocycles. The Balaban J connectivity index is 2.11. The molecular weight excluding hydrogens is 286 g/mol. The smallest absolute Gasteiger partial charge is 0.271 e. The SMILES string of the molecule is CC1CC(C)CC(NC(=O)c2nc(C(C)C)ncc2Cl)C1. The molecule has 0 aliphatic heterocycles. The molecule has 1 saturated carbocycles. The van der Waals surface area contributed by atoms with Gasteiger partial charge >= 0.3 is 0 Å². The van der Waals surface area contributed by atoms with E-state index in [1.165, 1.54) is 12.6 Å². The molecule has 0 bridgehead atoms. The van der Waals surface area contributed by atoms with Gasteiger partial charge < -0.3 is 5.32 Å². The second-order valence-electron chi connectivity index (χ2n) is 6.67. The third kappa shape index (κ3) is 4.16. The number of nitrogens with zero attached hydrogens (tertiary/aromatic N) is 2. The Kier molecular flexibility index (Phi) is 5.20. The first-order valence-corrected chi connectivity index (χ1v) is 8.08. The molecular formula is C16H24ClN3O. The standard InChI is InChI=1S/C16H24ClN3O/c1-9(2)15-18-8-13(17)14(20-15)16(21)19-12-6-10(3)5-11(4)7-12/h8-12H,5-7H2,1-4H3,(H,19,21). The van der Waals surface area contributed by atoms with Gasteiger partial charge in [0.2, 0.25) is 0 Å². The van der Waals surface area contributed by atoms with Gasteiger partial charge in [0.1, 0.15) is 11.5 Å². The lowest BCUT2D eigenvalue weighted by molar-refractivity contribution is 0.0905. The predicted molar refractivity (Wildman–Crippen MR) is 84.6 cm³/mol. The van der Waals surface area contributed by atoms with Crippen molar-refractivity contribution >= 4 is 17.5 Å². The largest absolute Gasteiger partial charge is 0.348 e. The van der Waals surface area contributed by atoms with Crippen LogP contribution in [0.2, 0.25) is 5.02 Å². The Bertz CT molecular complexity index is 508. The van der Waals surface area contributed by atoms with Crippen LogP contribution in [-0.4, -0.2) is 21.9 Å². The van der Waals surface area contributed by atoms with Gasteiger partial charge in [-0.05, 0) is 31.1 Å². The maximum Gasteiger partial charge on any atom is 0.271 e. The molecule has 116 valence electrons. The van der Waals surface area contributed by atoms with Crippen LogP contribution in [0.5, 0.6) is 0 Å². The third-order valence-corrected chi connectivity index (χ3v) is 4.28. The van der Waals surface area contributed by atoms with Crippen molar-refractivity contribution in [2.24, 2.45) is 11.8 Å². The van der Waals surface area contributed by atoms with Crippen molar-refractivity contribution < 1.29 is 4.79 Å². The van der Waals surface area contributed by atoms with Crippen LogP contribution in [0.3, 0.4) is 0 Å². The molecule has 4 nitrogen and oxygen atoms in total. The van der Waals surface area contributed by atoms with E-state index < -0.39 is 0 Å². The van der Waals surface area contributed by atoms with Crippen molar-refractivity contribution in [3.63, 3.8) is 0 Å². The summed E-state index contributed by atoms with van der Waals surface area (Å²) in [6.07, 6.45) is 4.80. The molecule has 1 N–H and O–H groups in total. The van der Waals surface area contributed by atoms with Gasteiger partial charge in [-0.1, -0.05) is 39.3 Å². The van der Waals surface area contributed by atoms with Crippen molar-refractivity contribution in [1.29, 1.82) is 0 Å². The number of halogens is 1. The van der Waals surface area contributed by atoms with E-state index in [9.17, 15) is 4.79 Å². The molecule has 0 aromatic carbocycles. The first-order chi connectivity index (χ1) is 9.86. The summed E-state index contributed by atoms with van der Waals surface area (Å²) in [4.78, 5) is 20.9. The average molecular weight is 310 g/mol. The Morgan fingerprint density at radius 3 is 2.48 bits per heavy atom. The third-order valence-electron chi connectivity index (χ3n) is 4.01. The zero-order chi connectivity index (χ0) is 15.6. The summed E-state index contributed by atoms with van der Waals surface area (Å²) in [5.41, 5.74) is 0.293. The van der Waals surface area contributed by atoms with Crippen LogP contribution in [0.15, 0.2) is 6.20 Å². The minimum absolute atomic E-state index is 0.170. The van der Waals surface area contributed by atoms with Crippen molar-refractivity contribution in [2.45, 2.75) is 58.9 Å². The topological polar surface area (TPSA) is 54.9 Å². The summed E-state index contributed by atoms with van der Waals surface area (Å²) in [5.74, 6) is 1.92. The molecule has 0 radical (unpaired) electrons. The highest BCUT2D eigenvalue weighted by molar-refractivity contribution is 6.33. The molecule has 0 saturated heterocycles. The fourth-order valence-electron chi connectivity index (χ4n) is 3.14.